The fraction of sp³-hybridized carbons (Fsp3) is 0.238. The summed E-state index contributed by atoms with van der Waals surface area (Å²) in [7, 11) is 1.68. The van der Waals surface area contributed by atoms with Crippen molar-refractivity contribution in [3.05, 3.63) is 70.3 Å². The largest absolute Gasteiger partial charge is 0.378 e. The van der Waals surface area contributed by atoms with Crippen molar-refractivity contribution in [1.82, 2.24) is 15.0 Å². The highest BCUT2D eigenvalue weighted by atomic mass is 19.1. The molecule has 5 rings (SSSR count). The molecule has 2 aromatic heterocycles. The highest BCUT2D eigenvalue weighted by Gasteiger charge is 2.30. The summed E-state index contributed by atoms with van der Waals surface area (Å²) in [6.07, 6.45) is 2.46. The van der Waals surface area contributed by atoms with Crippen LogP contribution in [0.15, 0.2) is 47.5 Å². The predicted octanol–water partition coefficient (Wildman–Crippen LogP) is 1.90. The molecule has 0 bridgehead atoms. The average molecular weight is 426 g/mol. The van der Waals surface area contributed by atoms with Gasteiger partial charge in [-0.3, -0.25) is 14.3 Å². The first kappa shape index (κ1) is 19.6. The van der Waals surface area contributed by atoms with E-state index >= 15 is 0 Å². The SMILES string of the molecule is COC1CN(c2ccc(-c3cn(-c4c(F)cccc4F)c(=O)c4c3NNC4N)nc2)C1. The van der Waals surface area contributed by atoms with Gasteiger partial charge in [0, 0.05) is 32.0 Å². The minimum Gasteiger partial charge on any atom is -0.378 e. The Labute approximate surface area is 176 Å². The minimum atomic E-state index is -0.853. The molecule has 4 heterocycles. The Morgan fingerprint density at radius 2 is 1.94 bits per heavy atom. The lowest BCUT2D eigenvalue weighted by molar-refractivity contribution is 0.0787. The molecule has 0 amide bonds. The van der Waals surface area contributed by atoms with Crippen molar-refractivity contribution in [2.45, 2.75) is 12.3 Å². The van der Waals surface area contributed by atoms with Gasteiger partial charge in [-0.2, -0.15) is 0 Å². The van der Waals surface area contributed by atoms with Crippen LogP contribution in [0.2, 0.25) is 0 Å². The van der Waals surface area contributed by atoms with Crippen molar-refractivity contribution < 1.29 is 13.5 Å². The van der Waals surface area contributed by atoms with E-state index in [-0.39, 0.29) is 11.7 Å². The van der Waals surface area contributed by atoms with Gasteiger partial charge in [0.25, 0.3) is 5.56 Å². The number of hydrazine groups is 1. The molecule has 10 heteroatoms. The molecule has 2 aliphatic heterocycles. The van der Waals surface area contributed by atoms with E-state index in [0.717, 1.165) is 35.5 Å². The molecule has 160 valence electrons. The average Bonchev–Trinajstić information content (AvgIpc) is 3.11. The number of benzene rings is 1. The Bertz CT molecular complexity index is 1190. The molecule has 8 nitrogen and oxygen atoms in total. The number of hydrogen-bond acceptors (Lipinski definition) is 7. The van der Waals surface area contributed by atoms with Crippen LogP contribution in [-0.2, 0) is 4.74 Å². The quantitative estimate of drug-likeness (QED) is 0.586. The van der Waals surface area contributed by atoms with Crippen molar-refractivity contribution >= 4 is 11.4 Å². The van der Waals surface area contributed by atoms with E-state index < -0.39 is 29.0 Å². The maximum Gasteiger partial charge on any atom is 0.263 e. The molecule has 31 heavy (non-hydrogen) atoms. The molecule has 1 saturated heterocycles. The number of aromatic nitrogens is 2. The fourth-order valence-electron chi connectivity index (χ4n) is 3.89. The zero-order valence-electron chi connectivity index (χ0n) is 16.6. The number of nitrogens with one attached hydrogen (secondary N) is 2. The van der Waals surface area contributed by atoms with Crippen LogP contribution >= 0.6 is 0 Å². The van der Waals surface area contributed by atoms with Gasteiger partial charge in [-0.15, -0.1) is 0 Å². The second-order valence-electron chi connectivity index (χ2n) is 7.49. The van der Waals surface area contributed by atoms with Gasteiger partial charge in [-0.1, -0.05) is 6.07 Å². The summed E-state index contributed by atoms with van der Waals surface area (Å²) >= 11 is 0. The van der Waals surface area contributed by atoms with Gasteiger partial charge < -0.3 is 20.8 Å². The molecule has 3 aromatic rings. The Hall–Kier alpha value is -3.34. The first-order valence-corrected chi connectivity index (χ1v) is 9.73. The van der Waals surface area contributed by atoms with Gasteiger partial charge in [0.05, 0.1) is 34.9 Å². The lowest BCUT2D eigenvalue weighted by Crippen LogP contribution is -2.51. The van der Waals surface area contributed by atoms with Crippen LogP contribution in [0.25, 0.3) is 16.9 Å². The number of pyridine rings is 2. The third-order valence-corrected chi connectivity index (χ3v) is 5.66. The molecule has 0 saturated carbocycles. The van der Waals surface area contributed by atoms with Gasteiger partial charge in [0.15, 0.2) is 0 Å². The smallest absolute Gasteiger partial charge is 0.263 e. The predicted molar refractivity (Wildman–Crippen MR) is 112 cm³/mol. The number of ether oxygens (including phenoxy) is 1. The fourth-order valence-corrected chi connectivity index (χ4v) is 3.89. The molecule has 1 aromatic carbocycles. The number of fused-ring (bicyclic) bond motifs is 1. The zero-order chi connectivity index (χ0) is 21.7. The van der Waals surface area contributed by atoms with E-state index in [2.05, 4.69) is 20.7 Å². The Balaban J connectivity index is 1.62. The highest BCUT2D eigenvalue weighted by molar-refractivity contribution is 5.79. The molecule has 1 atom stereocenters. The number of methoxy groups -OCH3 is 1. The van der Waals surface area contributed by atoms with E-state index in [1.54, 1.807) is 19.4 Å². The van der Waals surface area contributed by atoms with Crippen molar-refractivity contribution in [3.63, 3.8) is 0 Å². The monoisotopic (exact) mass is 426 g/mol. The Morgan fingerprint density at radius 3 is 2.58 bits per heavy atom. The van der Waals surface area contributed by atoms with Crippen LogP contribution in [0.1, 0.15) is 11.7 Å². The van der Waals surface area contributed by atoms with Gasteiger partial charge >= 0.3 is 0 Å². The van der Waals surface area contributed by atoms with Crippen molar-refractivity contribution in [2.75, 3.05) is 30.5 Å². The minimum absolute atomic E-state index is 0.178. The van der Waals surface area contributed by atoms with Crippen LogP contribution < -0.4 is 27.0 Å². The second-order valence-corrected chi connectivity index (χ2v) is 7.49. The third-order valence-electron chi connectivity index (χ3n) is 5.66. The van der Waals surface area contributed by atoms with E-state index in [0.29, 0.717) is 16.9 Å². The van der Waals surface area contributed by atoms with Gasteiger partial charge in [0.2, 0.25) is 0 Å². The number of halogens is 2. The van der Waals surface area contributed by atoms with E-state index in [9.17, 15) is 13.6 Å². The molecule has 1 fully saturated rings. The van der Waals surface area contributed by atoms with Crippen LogP contribution in [-0.4, -0.2) is 35.9 Å². The van der Waals surface area contributed by atoms with Crippen LogP contribution in [0.5, 0.6) is 0 Å². The lowest BCUT2D eigenvalue weighted by Gasteiger charge is -2.39. The Morgan fingerprint density at radius 1 is 1.19 bits per heavy atom. The van der Waals surface area contributed by atoms with Crippen molar-refractivity contribution in [3.8, 4) is 16.9 Å². The summed E-state index contributed by atoms with van der Waals surface area (Å²) in [5, 5.41) is 0. The maximum absolute atomic E-state index is 14.5. The number of rotatable bonds is 4. The third kappa shape index (κ3) is 3.16. The molecular formula is C21H20F2N6O2. The summed E-state index contributed by atoms with van der Waals surface area (Å²) in [6.45, 7) is 1.56. The molecule has 0 spiro atoms. The van der Waals surface area contributed by atoms with Gasteiger partial charge in [-0.05, 0) is 24.3 Å². The van der Waals surface area contributed by atoms with Gasteiger partial charge in [-0.25, -0.2) is 14.2 Å². The summed E-state index contributed by atoms with van der Waals surface area (Å²) in [5.41, 5.74) is 13.2. The molecule has 1 unspecified atom stereocenters. The zero-order valence-corrected chi connectivity index (χ0v) is 16.6. The standard InChI is InChI=1S/C21H20F2N6O2/c1-31-12-8-28(9-12)11-5-6-16(25-7-11)13-10-29(19-14(22)3-2-4-15(19)23)21(30)17-18(13)26-27-20(17)24/h2-7,10,12,20,26-27H,8-9,24H2,1H3. The number of nitrogens with zero attached hydrogens (tertiary/aromatic N) is 3. The molecular weight excluding hydrogens is 406 g/mol. The number of para-hydroxylation sites is 1. The Kier molecular flexibility index (Phi) is 4.69. The van der Waals surface area contributed by atoms with E-state index in [1.165, 1.54) is 12.3 Å². The summed E-state index contributed by atoms with van der Waals surface area (Å²) < 4.78 is 35.1. The number of hydrogen-bond donors (Lipinski definition) is 3. The van der Waals surface area contributed by atoms with Crippen molar-refractivity contribution in [1.29, 1.82) is 0 Å². The highest BCUT2D eigenvalue weighted by Crippen LogP contribution is 2.35. The summed E-state index contributed by atoms with van der Waals surface area (Å²) in [4.78, 5) is 19.7. The summed E-state index contributed by atoms with van der Waals surface area (Å²) in [6, 6.07) is 7.14. The van der Waals surface area contributed by atoms with Crippen LogP contribution in [0.3, 0.4) is 0 Å². The first-order chi connectivity index (χ1) is 15.0. The molecule has 2 aliphatic rings. The van der Waals surface area contributed by atoms with Crippen LogP contribution in [0, 0.1) is 11.6 Å². The van der Waals surface area contributed by atoms with Crippen molar-refractivity contribution in [2.24, 2.45) is 5.73 Å². The van der Waals surface area contributed by atoms with Gasteiger partial charge in [0.1, 0.15) is 23.5 Å². The van der Waals surface area contributed by atoms with Crippen LogP contribution in [0.4, 0.5) is 20.2 Å². The molecule has 4 N–H and O–H groups in total. The lowest BCUT2D eigenvalue weighted by atomic mass is 10.1. The normalized spacial score (nSPS) is 17.9. The first-order valence-electron chi connectivity index (χ1n) is 9.73. The second kappa shape index (κ2) is 7.41. The van der Waals surface area contributed by atoms with E-state index in [4.69, 9.17) is 10.5 Å². The maximum atomic E-state index is 14.5. The summed E-state index contributed by atoms with van der Waals surface area (Å²) in [5.74, 6) is -1.71. The number of anilines is 2. The topological polar surface area (TPSA) is 97.4 Å². The molecule has 0 radical (unpaired) electrons. The molecule has 0 aliphatic carbocycles. The van der Waals surface area contributed by atoms with E-state index in [1.807, 2.05) is 6.07 Å². The number of nitrogens with two attached hydrogens (primary N) is 1.